The molecule has 9 rings (SSSR count). The number of benzene rings is 4. The van der Waals surface area contributed by atoms with E-state index in [1.165, 1.54) is 86.5 Å². The Hall–Kier alpha value is -7.27. The van der Waals surface area contributed by atoms with Gasteiger partial charge in [0.05, 0.1) is 54.6 Å². The lowest BCUT2D eigenvalue weighted by Gasteiger charge is -2.60. The van der Waals surface area contributed by atoms with Gasteiger partial charge in [0.2, 0.25) is 0 Å². The molecule has 4 aromatic carbocycles. The van der Waals surface area contributed by atoms with Gasteiger partial charge in [0.15, 0.2) is 0 Å². The molecule has 4 aromatic rings. The van der Waals surface area contributed by atoms with Gasteiger partial charge in [-0.1, -0.05) is 271 Å². The lowest BCUT2D eigenvalue weighted by Crippen LogP contribution is -2.59. The Morgan fingerprint density at radius 1 is 0.354 bits per heavy atom. The molecule has 11 unspecified atom stereocenters. The quantitative estimate of drug-likeness (QED) is 0.0234. The zero-order valence-corrected chi connectivity index (χ0v) is 86.4. The third kappa shape index (κ3) is 54.2. The van der Waals surface area contributed by atoms with Crippen molar-refractivity contribution >= 4 is 41.8 Å². The Bertz CT molecular complexity index is 3260. The van der Waals surface area contributed by atoms with E-state index in [9.17, 15) is 33.6 Å². The van der Waals surface area contributed by atoms with Crippen LogP contribution in [-0.2, 0) is 66.7 Å². The molecule has 0 radical (unpaired) electrons. The molecule has 0 saturated heterocycles. The zero-order valence-electron chi connectivity index (χ0n) is 86.4. The van der Waals surface area contributed by atoms with Crippen molar-refractivity contribution in [1.82, 2.24) is 0 Å². The molecule has 0 heterocycles. The van der Waals surface area contributed by atoms with Crippen LogP contribution in [0.5, 0.6) is 11.5 Å². The van der Waals surface area contributed by atoms with Crippen LogP contribution in [0.15, 0.2) is 109 Å². The predicted molar refractivity (Wildman–Crippen MR) is 526 cm³/mol. The van der Waals surface area contributed by atoms with E-state index in [0.717, 1.165) is 108 Å². The van der Waals surface area contributed by atoms with Crippen molar-refractivity contribution in [3.63, 3.8) is 0 Å². The number of methoxy groups -OCH3 is 1. The minimum absolute atomic E-state index is 0.00116. The highest BCUT2D eigenvalue weighted by atomic mass is 16.6. The van der Waals surface area contributed by atoms with Crippen LogP contribution >= 0.6 is 0 Å². The minimum Gasteiger partial charge on any atom is -0.508 e. The number of carbonyl (C=O) groups excluding carboxylic acids is 6. The Morgan fingerprint density at radius 2 is 0.654 bits per heavy atom. The fraction of sp³-hybridized carbons (Fsp3) is 0.718. The number of carboxylic acids is 1. The van der Waals surface area contributed by atoms with Crippen molar-refractivity contribution in [1.29, 1.82) is 0 Å². The molecule has 5 saturated carbocycles. The van der Waals surface area contributed by atoms with Gasteiger partial charge in [-0.3, -0.25) is 33.6 Å². The van der Waals surface area contributed by atoms with Gasteiger partial charge in [0.25, 0.3) is 0 Å². The summed E-state index contributed by atoms with van der Waals surface area (Å²) in [4.78, 5) is 78.4. The largest absolute Gasteiger partial charge is 0.508 e. The number of ether oxygens (including phenoxy) is 7. The topological polar surface area (TPSA) is 245 Å². The Morgan fingerprint density at radius 3 is 0.921 bits per heavy atom. The summed E-state index contributed by atoms with van der Waals surface area (Å²) in [6, 6.07) is 36.1. The molecule has 5 aliphatic rings. The maximum absolute atomic E-state index is 12.3. The Kier molecular flexibility index (Phi) is 67.9. The third-order valence-electron chi connectivity index (χ3n) is 25.4. The summed E-state index contributed by atoms with van der Waals surface area (Å²) < 4.78 is 36.8. The molecule has 730 valence electrons. The fourth-order valence-corrected chi connectivity index (χ4v) is 14.0. The van der Waals surface area contributed by atoms with Crippen LogP contribution in [-0.4, -0.2) is 106 Å². The van der Waals surface area contributed by atoms with Crippen molar-refractivity contribution < 1.29 is 82.0 Å². The number of unbranched alkanes of at least 4 members (excludes halogenated alkanes) is 1. The first-order chi connectivity index (χ1) is 59.7. The van der Waals surface area contributed by atoms with Gasteiger partial charge in [-0.05, 0) is 283 Å². The predicted octanol–water partition coefficient (Wildman–Crippen LogP) is 29.5. The van der Waals surface area contributed by atoms with E-state index in [0.29, 0.717) is 66.8 Å². The summed E-state index contributed by atoms with van der Waals surface area (Å²) in [5.41, 5.74) is 4.57. The van der Waals surface area contributed by atoms with E-state index < -0.39 is 5.97 Å². The van der Waals surface area contributed by atoms with E-state index in [4.69, 9.17) is 48.5 Å². The number of esters is 6. The molecule has 3 N–H and O–H groups in total. The molecular formula is C110H188O17. The number of carboxylic acid groups (broad SMARTS) is 1. The number of aromatic hydroxyl groups is 2. The van der Waals surface area contributed by atoms with Crippen molar-refractivity contribution in [3.8, 4) is 11.5 Å². The first-order valence-electron chi connectivity index (χ1n) is 49.4. The highest BCUT2D eigenvalue weighted by Gasteiger charge is 2.59. The molecule has 17 heteroatoms. The molecule has 0 spiro atoms. The minimum atomic E-state index is -0.706. The lowest BCUT2D eigenvalue weighted by molar-refractivity contribution is -0.214. The molecule has 5 fully saturated rings. The second-order valence-corrected chi connectivity index (χ2v) is 38.0. The lowest BCUT2D eigenvalue weighted by atomic mass is 9.49. The molecular weight excluding hydrogens is 1590 g/mol. The normalized spacial score (nSPS) is 19.1. The molecule has 0 aliphatic heterocycles. The number of hydrogen-bond donors (Lipinski definition) is 3. The molecule has 5 aliphatic carbocycles. The van der Waals surface area contributed by atoms with E-state index in [1.54, 1.807) is 38.3 Å². The highest BCUT2D eigenvalue weighted by Crippen LogP contribution is 2.61. The summed E-state index contributed by atoms with van der Waals surface area (Å²) >= 11 is 0. The molecule has 127 heavy (non-hydrogen) atoms. The summed E-state index contributed by atoms with van der Waals surface area (Å²) in [7, 11) is 1.58. The van der Waals surface area contributed by atoms with Gasteiger partial charge < -0.3 is 48.5 Å². The van der Waals surface area contributed by atoms with E-state index in [2.05, 4.69) is 144 Å². The first-order valence-corrected chi connectivity index (χ1v) is 49.4. The van der Waals surface area contributed by atoms with Crippen LogP contribution in [0.4, 0.5) is 0 Å². The van der Waals surface area contributed by atoms with Crippen molar-refractivity contribution in [3.05, 3.63) is 131 Å². The van der Waals surface area contributed by atoms with Gasteiger partial charge in [-0.25, -0.2) is 0 Å². The third-order valence-corrected chi connectivity index (χ3v) is 25.4. The number of rotatable bonds is 32. The molecule has 0 amide bonds. The number of carbonyl (C=O) groups is 7. The number of phenolic OH excluding ortho intramolecular Hbond substituents is 2. The van der Waals surface area contributed by atoms with E-state index in [-0.39, 0.29) is 99.6 Å². The van der Waals surface area contributed by atoms with Crippen LogP contribution in [0.2, 0.25) is 0 Å². The standard InChI is InChI=1S/C17H28O2.C13H24O2.2C10H14O.2C10H14.3C9H18O2.C8H16O3.C5H10O2/c1-4-11(3)16(18)19-17(5-2)14-7-12-6-13(9-14)10-15(17)8-12;1-4-11(3)12(14)15-13(5-2)9-7-6-8-10-13;2*1-3-8(2)9-4-6-10(11)7-5-9;2*1-3-9(2)10-7-5-4-6-8-10;2*1-6-7(2)8(10)11-9(3,4)5;1-4-6-7-11-9(10)8(3)5-2;1-4-7(2)8(9)11-6-5-10-3;1-3-4(2)5(6)7/h11-15H,4-10H2,1-3H3;11H,4-10H2,1-3H3;2*4-8,11H,3H2,1-2H3;2*4-9H,3H2,1-2H3;2*7H,6H2,1-5H3;8H,4-7H2,1-3H3;7H,4-6H2,1-3H3;4H,3H2,1-2H3,(H,6,7). The summed E-state index contributed by atoms with van der Waals surface area (Å²) in [5.74, 6) is 5.48. The smallest absolute Gasteiger partial charge is 0.309 e. The molecule has 11 atom stereocenters. The number of aliphatic carboxylic acids is 1. The van der Waals surface area contributed by atoms with Crippen LogP contribution in [0.3, 0.4) is 0 Å². The number of phenols is 2. The summed E-state index contributed by atoms with van der Waals surface area (Å²) in [6.07, 6.45) is 27.2. The molecule has 0 aromatic heterocycles. The van der Waals surface area contributed by atoms with Gasteiger partial charge >= 0.3 is 41.8 Å². The monoisotopic (exact) mass is 1780 g/mol. The second-order valence-electron chi connectivity index (χ2n) is 38.0. The Balaban J connectivity index is -0.00000134. The maximum Gasteiger partial charge on any atom is 0.309 e. The van der Waals surface area contributed by atoms with Gasteiger partial charge in [-0.2, -0.15) is 0 Å². The summed E-state index contributed by atoms with van der Waals surface area (Å²) in [5, 5.41) is 26.2. The maximum atomic E-state index is 12.3. The van der Waals surface area contributed by atoms with Crippen molar-refractivity contribution in [2.75, 3.05) is 26.9 Å². The van der Waals surface area contributed by atoms with Crippen LogP contribution in [0.1, 0.15) is 421 Å². The van der Waals surface area contributed by atoms with Crippen molar-refractivity contribution in [2.45, 2.75) is 421 Å². The summed E-state index contributed by atoms with van der Waals surface area (Å²) in [6.45, 7) is 63.9. The average Bonchev–Trinajstić information content (AvgIpc) is 0.727. The van der Waals surface area contributed by atoms with Gasteiger partial charge in [0.1, 0.15) is 40.5 Å². The Labute approximate surface area is 775 Å². The van der Waals surface area contributed by atoms with Gasteiger partial charge in [-0.15, -0.1) is 0 Å². The van der Waals surface area contributed by atoms with Gasteiger partial charge in [0, 0.05) is 7.11 Å². The fourth-order valence-electron chi connectivity index (χ4n) is 14.0. The zero-order chi connectivity index (χ0) is 97.6. The van der Waals surface area contributed by atoms with Crippen LogP contribution in [0, 0.1) is 65.1 Å². The average molecular weight is 1780 g/mol. The number of hydrogen-bond acceptors (Lipinski definition) is 16. The van der Waals surface area contributed by atoms with Crippen LogP contribution < -0.4 is 0 Å². The SMILES string of the molecule is CCC(C)C(=O)O.CCC(C)C(=O)OC(C)(C)C.CCC(C)C(=O)OC(C)(C)C.CCC(C)C(=O)OC1(CC)C2CC3CC(C2)CC1C3.CCC(C)C(=O)OC1(CC)CCCCC1.CCC(C)C(=O)OCCOC.CCC(C)c1ccc(O)cc1.CCC(C)c1ccc(O)cc1.CCC(C)c1ccccc1.CCC(C)c1ccccc1.CCCCOC(=O)C(C)CC. The first kappa shape index (κ1) is 124. The van der Waals surface area contributed by atoms with Crippen molar-refractivity contribution in [2.24, 2.45) is 65.1 Å². The highest BCUT2D eigenvalue weighted by molar-refractivity contribution is 5.74. The van der Waals surface area contributed by atoms with Crippen LogP contribution in [0.25, 0.3) is 0 Å². The second kappa shape index (κ2) is 69.6. The molecule has 4 bridgehead atoms. The molecule has 17 nitrogen and oxygen atoms in total. The van der Waals surface area contributed by atoms with E-state index >= 15 is 0 Å². The van der Waals surface area contributed by atoms with E-state index in [1.807, 2.05) is 149 Å².